The summed E-state index contributed by atoms with van der Waals surface area (Å²) in [6.07, 6.45) is 0. The number of para-hydroxylation sites is 1. The van der Waals surface area contributed by atoms with Crippen molar-refractivity contribution in [1.82, 2.24) is 0 Å². The van der Waals surface area contributed by atoms with E-state index < -0.39 is 0 Å². The van der Waals surface area contributed by atoms with E-state index >= 15 is 0 Å². The molecule has 0 atom stereocenters. The summed E-state index contributed by atoms with van der Waals surface area (Å²) in [5.74, 6) is 0. The van der Waals surface area contributed by atoms with Crippen molar-refractivity contribution in [2.75, 3.05) is 11.9 Å². The lowest BCUT2D eigenvalue weighted by Crippen LogP contribution is -2.35. The lowest BCUT2D eigenvalue weighted by atomic mass is 10.0. The van der Waals surface area contributed by atoms with Gasteiger partial charge in [-0.15, -0.1) is 0 Å². The van der Waals surface area contributed by atoms with E-state index in [0.29, 0.717) is 0 Å². The number of hydrogen-bond acceptors (Lipinski definition) is 2. The van der Waals surface area contributed by atoms with Crippen molar-refractivity contribution in [3.05, 3.63) is 29.3 Å². The molecule has 0 aliphatic rings. The van der Waals surface area contributed by atoms with Crippen LogP contribution in [0.1, 0.15) is 25.0 Å². The SMILES string of the molecule is Cc1cccc(C)c1NC(C)(C)CO. The predicted octanol–water partition coefficient (Wildman–Crippen LogP) is 2.49. The van der Waals surface area contributed by atoms with Crippen LogP contribution in [0.4, 0.5) is 5.69 Å². The quantitative estimate of drug-likeness (QED) is 0.773. The zero-order valence-corrected chi connectivity index (χ0v) is 9.39. The first-order chi connectivity index (χ1) is 6.46. The number of rotatable bonds is 3. The highest BCUT2D eigenvalue weighted by molar-refractivity contribution is 5.57. The number of aliphatic hydroxyl groups excluding tert-OH is 1. The van der Waals surface area contributed by atoms with E-state index in [9.17, 15) is 5.11 Å². The second-order valence-corrected chi connectivity index (χ2v) is 4.43. The number of nitrogens with one attached hydrogen (secondary N) is 1. The first kappa shape index (κ1) is 11.1. The average Bonchev–Trinajstić information content (AvgIpc) is 2.12. The lowest BCUT2D eigenvalue weighted by molar-refractivity contribution is 0.234. The van der Waals surface area contributed by atoms with Gasteiger partial charge in [0, 0.05) is 5.69 Å². The van der Waals surface area contributed by atoms with Gasteiger partial charge in [0.05, 0.1) is 12.1 Å². The summed E-state index contributed by atoms with van der Waals surface area (Å²) >= 11 is 0. The molecule has 0 unspecified atom stereocenters. The van der Waals surface area contributed by atoms with Gasteiger partial charge in [-0.25, -0.2) is 0 Å². The number of benzene rings is 1. The Morgan fingerprint density at radius 2 is 1.71 bits per heavy atom. The third-order valence-electron chi connectivity index (χ3n) is 2.34. The largest absolute Gasteiger partial charge is 0.394 e. The Balaban J connectivity index is 2.97. The van der Waals surface area contributed by atoms with Crippen molar-refractivity contribution in [1.29, 1.82) is 0 Å². The topological polar surface area (TPSA) is 32.3 Å². The van der Waals surface area contributed by atoms with Crippen LogP contribution in [0.15, 0.2) is 18.2 Å². The van der Waals surface area contributed by atoms with E-state index in [0.717, 1.165) is 5.69 Å². The van der Waals surface area contributed by atoms with E-state index in [4.69, 9.17) is 0 Å². The Morgan fingerprint density at radius 1 is 1.21 bits per heavy atom. The number of anilines is 1. The Kier molecular flexibility index (Phi) is 3.17. The van der Waals surface area contributed by atoms with Gasteiger partial charge < -0.3 is 10.4 Å². The second-order valence-electron chi connectivity index (χ2n) is 4.43. The molecule has 0 saturated carbocycles. The zero-order valence-electron chi connectivity index (χ0n) is 9.39. The van der Waals surface area contributed by atoms with Crippen molar-refractivity contribution in [3.8, 4) is 0 Å². The molecule has 0 saturated heterocycles. The molecule has 78 valence electrons. The van der Waals surface area contributed by atoms with Crippen molar-refractivity contribution in [3.63, 3.8) is 0 Å². The van der Waals surface area contributed by atoms with Crippen LogP contribution in [-0.2, 0) is 0 Å². The van der Waals surface area contributed by atoms with Gasteiger partial charge in [0.25, 0.3) is 0 Å². The minimum Gasteiger partial charge on any atom is -0.394 e. The van der Waals surface area contributed by atoms with E-state index in [1.54, 1.807) is 0 Å². The predicted molar refractivity (Wildman–Crippen MR) is 60.7 cm³/mol. The normalized spacial score (nSPS) is 11.5. The molecule has 0 fully saturated rings. The molecule has 14 heavy (non-hydrogen) atoms. The third-order valence-corrected chi connectivity index (χ3v) is 2.34. The molecule has 2 N–H and O–H groups in total. The zero-order chi connectivity index (χ0) is 10.8. The van der Waals surface area contributed by atoms with Crippen LogP contribution in [0.2, 0.25) is 0 Å². The molecule has 0 radical (unpaired) electrons. The van der Waals surface area contributed by atoms with Gasteiger partial charge >= 0.3 is 0 Å². The van der Waals surface area contributed by atoms with Crippen molar-refractivity contribution < 1.29 is 5.11 Å². The maximum absolute atomic E-state index is 9.17. The van der Waals surface area contributed by atoms with E-state index in [1.807, 2.05) is 19.9 Å². The minimum atomic E-state index is -0.267. The van der Waals surface area contributed by atoms with Crippen molar-refractivity contribution in [2.45, 2.75) is 33.2 Å². The summed E-state index contributed by atoms with van der Waals surface area (Å²) in [5.41, 5.74) is 3.29. The van der Waals surface area contributed by atoms with Crippen LogP contribution in [0.25, 0.3) is 0 Å². The van der Waals surface area contributed by atoms with Crippen LogP contribution >= 0.6 is 0 Å². The smallest absolute Gasteiger partial charge is 0.0656 e. The molecule has 0 aromatic heterocycles. The molecule has 2 heteroatoms. The standard InChI is InChI=1S/C12H19NO/c1-9-6-5-7-10(2)11(9)13-12(3,4)8-14/h5-7,13-14H,8H2,1-4H3. The maximum atomic E-state index is 9.17. The first-order valence-electron chi connectivity index (χ1n) is 4.91. The first-order valence-corrected chi connectivity index (χ1v) is 4.91. The molecule has 1 aromatic carbocycles. The molecule has 1 aromatic rings. The molecular weight excluding hydrogens is 174 g/mol. The molecule has 0 aliphatic carbocycles. The molecule has 0 heterocycles. The minimum absolute atomic E-state index is 0.126. The Labute approximate surface area is 86.0 Å². The monoisotopic (exact) mass is 193 g/mol. The van der Waals surface area contributed by atoms with E-state index in [-0.39, 0.29) is 12.1 Å². The van der Waals surface area contributed by atoms with Crippen LogP contribution in [-0.4, -0.2) is 17.3 Å². The summed E-state index contributed by atoms with van der Waals surface area (Å²) in [5, 5.41) is 12.5. The summed E-state index contributed by atoms with van der Waals surface area (Å²) < 4.78 is 0. The van der Waals surface area contributed by atoms with Gasteiger partial charge in [-0.3, -0.25) is 0 Å². The number of aliphatic hydroxyl groups is 1. The molecule has 0 bridgehead atoms. The maximum Gasteiger partial charge on any atom is 0.0656 e. The van der Waals surface area contributed by atoms with Gasteiger partial charge in [-0.05, 0) is 38.8 Å². The van der Waals surface area contributed by atoms with E-state index in [2.05, 4.69) is 31.3 Å². The van der Waals surface area contributed by atoms with Crippen LogP contribution < -0.4 is 5.32 Å². The molecular formula is C12H19NO. The Morgan fingerprint density at radius 3 is 2.14 bits per heavy atom. The Hall–Kier alpha value is -1.02. The highest BCUT2D eigenvalue weighted by Gasteiger charge is 2.17. The summed E-state index contributed by atoms with van der Waals surface area (Å²) in [7, 11) is 0. The van der Waals surface area contributed by atoms with Gasteiger partial charge in [0.1, 0.15) is 0 Å². The summed E-state index contributed by atoms with van der Waals surface area (Å²) in [6.45, 7) is 8.24. The number of aryl methyl sites for hydroxylation is 2. The molecule has 0 spiro atoms. The van der Waals surface area contributed by atoms with Crippen LogP contribution in [0.3, 0.4) is 0 Å². The number of hydrogen-bond donors (Lipinski definition) is 2. The molecule has 0 aliphatic heterocycles. The fourth-order valence-electron chi connectivity index (χ4n) is 1.39. The Bertz CT molecular complexity index is 298. The van der Waals surface area contributed by atoms with Gasteiger partial charge in [0.2, 0.25) is 0 Å². The third kappa shape index (κ3) is 2.48. The molecule has 2 nitrogen and oxygen atoms in total. The highest BCUT2D eigenvalue weighted by atomic mass is 16.3. The van der Waals surface area contributed by atoms with Crippen LogP contribution in [0.5, 0.6) is 0 Å². The molecule has 0 amide bonds. The average molecular weight is 193 g/mol. The summed E-state index contributed by atoms with van der Waals surface area (Å²) in [4.78, 5) is 0. The highest BCUT2D eigenvalue weighted by Crippen LogP contribution is 2.23. The molecule has 1 rings (SSSR count). The lowest BCUT2D eigenvalue weighted by Gasteiger charge is -2.27. The van der Waals surface area contributed by atoms with Gasteiger partial charge in [-0.1, -0.05) is 18.2 Å². The van der Waals surface area contributed by atoms with Gasteiger partial charge in [-0.2, -0.15) is 0 Å². The van der Waals surface area contributed by atoms with Gasteiger partial charge in [0.15, 0.2) is 0 Å². The fraction of sp³-hybridized carbons (Fsp3) is 0.500. The second kappa shape index (κ2) is 4.01. The summed E-state index contributed by atoms with van der Waals surface area (Å²) in [6, 6.07) is 6.19. The van der Waals surface area contributed by atoms with Crippen molar-refractivity contribution >= 4 is 5.69 Å². The fourth-order valence-corrected chi connectivity index (χ4v) is 1.39. The van der Waals surface area contributed by atoms with Crippen molar-refractivity contribution in [2.24, 2.45) is 0 Å². The van der Waals surface area contributed by atoms with Crippen LogP contribution in [0, 0.1) is 13.8 Å². The van der Waals surface area contributed by atoms with E-state index in [1.165, 1.54) is 11.1 Å².